The minimum absolute atomic E-state index is 0.0546. The van der Waals surface area contributed by atoms with Gasteiger partial charge in [0.1, 0.15) is 0 Å². The van der Waals surface area contributed by atoms with Gasteiger partial charge in [-0.1, -0.05) is 33.9 Å². The largest absolute Gasteiger partial charge is 0.399 e. The van der Waals surface area contributed by atoms with Gasteiger partial charge in [0, 0.05) is 5.69 Å². The van der Waals surface area contributed by atoms with Crippen molar-refractivity contribution in [3.63, 3.8) is 0 Å². The fourth-order valence-corrected chi connectivity index (χ4v) is 8.83. The van der Waals surface area contributed by atoms with E-state index in [4.69, 9.17) is 14.8 Å². The Kier molecular flexibility index (Phi) is 8.64. The monoisotopic (exact) mass is 345 g/mol. The molecule has 0 aliphatic rings. The third kappa shape index (κ3) is 5.35. The first kappa shape index (κ1) is 19.6. The van der Waals surface area contributed by atoms with Crippen LogP contribution in [0.3, 0.4) is 0 Å². The van der Waals surface area contributed by atoms with Gasteiger partial charge >= 0.3 is 7.60 Å². The molecule has 6 heteroatoms. The first-order valence-electron chi connectivity index (χ1n) is 7.97. The highest BCUT2D eigenvalue weighted by Gasteiger charge is 2.39. The summed E-state index contributed by atoms with van der Waals surface area (Å²) in [5.74, 6) is 0. The zero-order valence-corrected chi connectivity index (χ0v) is 15.9. The maximum absolute atomic E-state index is 13.3. The van der Waals surface area contributed by atoms with Crippen LogP contribution in [0, 0.1) is 0 Å². The molecule has 0 aromatic heterocycles. The van der Waals surface area contributed by atoms with Crippen molar-refractivity contribution in [2.45, 2.75) is 39.5 Å². The van der Waals surface area contributed by atoms with Crippen LogP contribution in [0.1, 0.15) is 33.3 Å². The summed E-state index contributed by atoms with van der Waals surface area (Å²) >= 11 is 0. The fraction of sp³-hybridized carbons (Fsp3) is 0.625. The number of nitrogen functional groups attached to an aromatic ring is 1. The van der Waals surface area contributed by atoms with Gasteiger partial charge in [-0.3, -0.25) is 4.57 Å². The van der Waals surface area contributed by atoms with Crippen molar-refractivity contribution >= 4 is 21.2 Å². The summed E-state index contributed by atoms with van der Waals surface area (Å²) in [6.07, 6.45) is 2.76. The molecule has 0 spiro atoms. The Hall–Kier alpha value is -0.400. The number of anilines is 1. The first-order chi connectivity index (χ1) is 10.5. The molecule has 0 fully saturated rings. The molecule has 126 valence electrons. The van der Waals surface area contributed by atoms with Gasteiger partial charge in [-0.05, 0) is 50.3 Å². The predicted octanol–water partition coefficient (Wildman–Crippen LogP) is 4.93. The second kappa shape index (κ2) is 9.67. The molecule has 0 aliphatic carbocycles. The number of hydrogen-bond acceptors (Lipinski definition) is 4. The van der Waals surface area contributed by atoms with Gasteiger partial charge in [0.25, 0.3) is 0 Å². The SMILES string of the molecule is CCOP(=O)(OCC)C(Cc1ccc(N)cc1)P(CC)CC. The molecule has 1 aromatic carbocycles. The van der Waals surface area contributed by atoms with Crippen LogP contribution in [-0.4, -0.2) is 30.9 Å². The van der Waals surface area contributed by atoms with E-state index < -0.39 is 15.5 Å². The van der Waals surface area contributed by atoms with Gasteiger partial charge in [-0.15, -0.1) is 0 Å². The van der Waals surface area contributed by atoms with E-state index in [9.17, 15) is 4.57 Å². The van der Waals surface area contributed by atoms with Crippen LogP contribution in [0.25, 0.3) is 0 Å². The fourth-order valence-electron chi connectivity index (χ4n) is 2.52. The molecule has 0 radical (unpaired) electrons. The van der Waals surface area contributed by atoms with Crippen LogP contribution >= 0.6 is 15.5 Å². The lowest BCUT2D eigenvalue weighted by molar-refractivity contribution is 0.217. The standard InChI is InChI=1S/C16H29NO3P2/c1-5-19-22(18,20-6-2)16(21(7-3)8-4)13-14-9-11-15(17)12-10-14/h9-12,16H,5-8,13,17H2,1-4H3. The van der Waals surface area contributed by atoms with Crippen LogP contribution in [0.2, 0.25) is 0 Å². The van der Waals surface area contributed by atoms with E-state index in [1.807, 2.05) is 38.1 Å². The Morgan fingerprint density at radius 1 is 1.05 bits per heavy atom. The molecule has 0 aliphatic heterocycles. The minimum atomic E-state index is -3.10. The van der Waals surface area contributed by atoms with Crippen molar-refractivity contribution in [1.29, 1.82) is 0 Å². The van der Waals surface area contributed by atoms with Crippen molar-refractivity contribution in [2.75, 3.05) is 31.3 Å². The molecule has 0 saturated heterocycles. The third-order valence-electron chi connectivity index (χ3n) is 3.61. The molecule has 1 aromatic rings. The maximum Gasteiger partial charge on any atom is 0.338 e. The average Bonchev–Trinajstić information content (AvgIpc) is 2.50. The Morgan fingerprint density at radius 3 is 1.95 bits per heavy atom. The first-order valence-corrected chi connectivity index (χ1v) is 11.4. The molecular formula is C16H29NO3P2. The zero-order chi connectivity index (χ0) is 16.6. The number of benzene rings is 1. The van der Waals surface area contributed by atoms with Crippen LogP contribution in [-0.2, 0) is 20.0 Å². The summed E-state index contributed by atoms with van der Waals surface area (Å²) in [6.45, 7) is 8.87. The summed E-state index contributed by atoms with van der Waals surface area (Å²) in [7, 11) is -3.50. The van der Waals surface area contributed by atoms with Gasteiger partial charge in [-0.2, -0.15) is 0 Å². The van der Waals surface area contributed by atoms with Gasteiger partial charge in [0.2, 0.25) is 0 Å². The summed E-state index contributed by atoms with van der Waals surface area (Å²) in [5.41, 5.74) is 7.63. The molecule has 0 bridgehead atoms. The number of rotatable bonds is 10. The van der Waals surface area contributed by atoms with E-state index in [2.05, 4.69) is 13.8 Å². The molecule has 0 amide bonds. The van der Waals surface area contributed by atoms with Gasteiger partial charge in [0.05, 0.1) is 18.6 Å². The van der Waals surface area contributed by atoms with E-state index in [-0.39, 0.29) is 5.40 Å². The lowest BCUT2D eigenvalue weighted by atomic mass is 10.1. The topological polar surface area (TPSA) is 61.5 Å². The smallest absolute Gasteiger partial charge is 0.338 e. The number of hydrogen-bond donors (Lipinski definition) is 1. The summed E-state index contributed by atoms with van der Waals surface area (Å²) < 4.78 is 24.6. The van der Waals surface area contributed by atoms with E-state index in [1.165, 1.54) is 0 Å². The Bertz CT molecular complexity index is 465. The van der Waals surface area contributed by atoms with Gasteiger partial charge < -0.3 is 14.8 Å². The Balaban J connectivity index is 3.10. The minimum Gasteiger partial charge on any atom is -0.399 e. The highest BCUT2D eigenvalue weighted by Crippen LogP contribution is 2.65. The van der Waals surface area contributed by atoms with Crippen LogP contribution in [0.4, 0.5) is 5.69 Å². The Morgan fingerprint density at radius 2 is 1.55 bits per heavy atom. The summed E-state index contributed by atoms with van der Waals surface area (Å²) in [6, 6.07) is 7.78. The van der Waals surface area contributed by atoms with E-state index in [1.54, 1.807) is 0 Å². The van der Waals surface area contributed by atoms with Crippen molar-refractivity contribution < 1.29 is 13.6 Å². The van der Waals surface area contributed by atoms with Crippen LogP contribution in [0.15, 0.2) is 24.3 Å². The molecule has 1 unspecified atom stereocenters. The maximum atomic E-state index is 13.3. The quantitative estimate of drug-likeness (QED) is 0.483. The molecular weight excluding hydrogens is 316 g/mol. The Labute approximate surface area is 136 Å². The van der Waals surface area contributed by atoms with Crippen molar-refractivity contribution in [3.8, 4) is 0 Å². The molecule has 4 nitrogen and oxygen atoms in total. The predicted molar refractivity (Wildman–Crippen MR) is 97.2 cm³/mol. The van der Waals surface area contributed by atoms with Crippen molar-refractivity contribution in [1.82, 2.24) is 0 Å². The van der Waals surface area contributed by atoms with Crippen molar-refractivity contribution in [3.05, 3.63) is 29.8 Å². The molecule has 2 N–H and O–H groups in total. The highest BCUT2D eigenvalue weighted by molar-refractivity contribution is 7.74. The molecule has 22 heavy (non-hydrogen) atoms. The van der Waals surface area contributed by atoms with E-state index in [0.29, 0.717) is 19.6 Å². The second-order valence-corrected chi connectivity index (χ2v) is 10.7. The second-order valence-electron chi connectivity index (χ2n) is 5.02. The lowest BCUT2D eigenvalue weighted by Gasteiger charge is -2.32. The summed E-state index contributed by atoms with van der Waals surface area (Å²) in [5, 5.41) is -0.0546. The molecule has 0 heterocycles. The summed E-state index contributed by atoms with van der Waals surface area (Å²) in [4.78, 5) is 0. The normalized spacial score (nSPS) is 13.5. The molecule has 0 saturated carbocycles. The molecule has 1 rings (SSSR count). The van der Waals surface area contributed by atoms with Gasteiger partial charge in [-0.25, -0.2) is 0 Å². The lowest BCUT2D eigenvalue weighted by Crippen LogP contribution is -2.17. The zero-order valence-electron chi connectivity index (χ0n) is 14.1. The third-order valence-corrected chi connectivity index (χ3v) is 10.2. The van der Waals surface area contributed by atoms with Gasteiger partial charge in [0.15, 0.2) is 0 Å². The van der Waals surface area contributed by atoms with E-state index >= 15 is 0 Å². The number of nitrogens with two attached hydrogens (primary N) is 1. The highest BCUT2D eigenvalue weighted by atomic mass is 31.2. The van der Waals surface area contributed by atoms with Crippen LogP contribution in [0.5, 0.6) is 0 Å². The van der Waals surface area contributed by atoms with Crippen LogP contribution < -0.4 is 5.73 Å². The van der Waals surface area contributed by atoms with Crippen molar-refractivity contribution in [2.24, 2.45) is 0 Å². The van der Waals surface area contributed by atoms with E-state index in [0.717, 1.165) is 23.6 Å². The average molecular weight is 345 g/mol. The molecule has 1 atom stereocenters.